The number of rotatable bonds is 3. The van der Waals surface area contributed by atoms with Crippen LogP contribution < -0.4 is 0 Å². The Morgan fingerprint density at radius 3 is 2.41 bits per heavy atom. The quantitative estimate of drug-likeness (QED) is 0.541. The molecule has 1 heterocycles. The zero-order valence-electron chi connectivity index (χ0n) is 12.0. The average molecular weight is 285 g/mol. The molecule has 0 aliphatic rings. The van der Waals surface area contributed by atoms with Gasteiger partial charge in [0.15, 0.2) is 5.78 Å². The van der Waals surface area contributed by atoms with E-state index in [1.165, 1.54) is 0 Å². The maximum atomic E-state index is 12.7. The minimum Gasteiger partial charge on any atom is -0.358 e. The molecule has 1 N–H and O–H groups in total. The van der Waals surface area contributed by atoms with Crippen molar-refractivity contribution in [2.24, 2.45) is 0 Å². The van der Waals surface area contributed by atoms with Gasteiger partial charge in [-0.2, -0.15) is 0 Å². The topological polar surface area (TPSA) is 32.9 Å². The molecule has 3 aromatic carbocycles. The number of carbonyl (C=O) groups excluding carboxylic acids is 1. The van der Waals surface area contributed by atoms with E-state index in [-0.39, 0.29) is 5.78 Å². The number of aromatic amines is 1. The molecule has 0 fully saturated rings. The fraction of sp³-hybridized carbons (Fsp3) is 0.0500. The van der Waals surface area contributed by atoms with Crippen LogP contribution in [0.5, 0.6) is 0 Å². The summed E-state index contributed by atoms with van der Waals surface area (Å²) in [5.74, 6) is 0.142. The molecule has 2 heteroatoms. The van der Waals surface area contributed by atoms with E-state index in [1.807, 2.05) is 60.7 Å². The second kappa shape index (κ2) is 5.15. The minimum absolute atomic E-state index is 0.142. The highest BCUT2D eigenvalue weighted by Crippen LogP contribution is 2.21. The normalized spacial score (nSPS) is 11.1. The Labute approximate surface area is 128 Å². The summed E-state index contributed by atoms with van der Waals surface area (Å²) in [6.45, 7) is 0. The first kappa shape index (κ1) is 12.8. The Balaban J connectivity index is 1.71. The fourth-order valence-electron chi connectivity index (χ4n) is 2.97. The maximum Gasteiger partial charge on any atom is 0.169 e. The van der Waals surface area contributed by atoms with Crippen molar-refractivity contribution >= 4 is 27.5 Å². The molecule has 0 bridgehead atoms. The molecule has 22 heavy (non-hydrogen) atoms. The monoisotopic (exact) mass is 285 g/mol. The second-order valence-corrected chi connectivity index (χ2v) is 5.51. The van der Waals surface area contributed by atoms with E-state index in [9.17, 15) is 4.79 Å². The van der Waals surface area contributed by atoms with Crippen molar-refractivity contribution < 1.29 is 4.79 Å². The molecule has 0 radical (unpaired) electrons. The molecule has 0 unspecified atom stereocenters. The lowest BCUT2D eigenvalue weighted by atomic mass is 9.99. The van der Waals surface area contributed by atoms with Crippen LogP contribution in [0.15, 0.2) is 72.8 Å². The highest BCUT2D eigenvalue weighted by atomic mass is 16.1. The summed E-state index contributed by atoms with van der Waals surface area (Å²) in [7, 11) is 0. The van der Waals surface area contributed by atoms with Crippen molar-refractivity contribution in [1.82, 2.24) is 4.98 Å². The van der Waals surface area contributed by atoms with Gasteiger partial charge in [-0.1, -0.05) is 60.7 Å². The van der Waals surface area contributed by atoms with Crippen molar-refractivity contribution in [3.8, 4) is 0 Å². The Morgan fingerprint density at radius 2 is 1.55 bits per heavy atom. The summed E-state index contributed by atoms with van der Waals surface area (Å²) in [6, 6.07) is 24.0. The van der Waals surface area contributed by atoms with E-state index in [1.54, 1.807) is 0 Å². The number of para-hydroxylation sites is 1. The summed E-state index contributed by atoms with van der Waals surface area (Å²) in [6.07, 6.45) is 0.392. The van der Waals surface area contributed by atoms with Crippen LogP contribution in [0.25, 0.3) is 21.7 Å². The molecule has 106 valence electrons. The van der Waals surface area contributed by atoms with Crippen molar-refractivity contribution in [3.05, 3.63) is 84.1 Å². The standard InChI is InChI=1S/C20H15NO/c22-20(13-16-12-15-7-2-4-11-19(15)21-16)18-10-5-8-14-6-1-3-9-17(14)18/h1-12,21H,13H2. The van der Waals surface area contributed by atoms with E-state index in [2.05, 4.69) is 17.1 Å². The largest absolute Gasteiger partial charge is 0.358 e. The molecule has 0 aliphatic heterocycles. The van der Waals surface area contributed by atoms with Crippen LogP contribution in [-0.2, 0) is 6.42 Å². The number of H-pyrrole nitrogens is 1. The predicted molar refractivity (Wildman–Crippen MR) is 90.3 cm³/mol. The van der Waals surface area contributed by atoms with E-state index >= 15 is 0 Å². The number of hydrogen-bond acceptors (Lipinski definition) is 1. The highest BCUT2D eigenvalue weighted by Gasteiger charge is 2.12. The minimum atomic E-state index is 0.142. The summed E-state index contributed by atoms with van der Waals surface area (Å²) < 4.78 is 0. The Kier molecular flexibility index (Phi) is 3.01. The molecule has 0 saturated heterocycles. The summed E-state index contributed by atoms with van der Waals surface area (Å²) >= 11 is 0. The fourth-order valence-corrected chi connectivity index (χ4v) is 2.97. The SMILES string of the molecule is O=C(Cc1cc2ccccc2[nH]1)c1cccc2ccccc12. The molecule has 1 aromatic heterocycles. The van der Waals surface area contributed by atoms with Gasteiger partial charge in [0.2, 0.25) is 0 Å². The van der Waals surface area contributed by atoms with Gasteiger partial charge in [0.05, 0.1) is 6.42 Å². The van der Waals surface area contributed by atoms with Gasteiger partial charge in [0, 0.05) is 16.8 Å². The van der Waals surface area contributed by atoms with Gasteiger partial charge in [-0.25, -0.2) is 0 Å². The van der Waals surface area contributed by atoms with Crippen LogP contribution in [0.1, 0.15) is 16.1 Å². The number of carbonyl (C=O) groups is 1. The number of Topliss-reactive ketones (excluding diaryl/α,β-unsaturated/α-hetero) is 1. The van der Waals surface area contributed by atoms with Gasteiger partial charge in [-0.3, -0.25) is 4.79 Å². The first-order valence-electron chi connectivity index (χ1n) is 7.39. The zero-order valence-corrected chi connectivity index (χ0v) is 12.0. The Hall–Kier alpha value is -2.87. The summed E-state index contributed by atoms with van der Waals surface area (Å²) in [4.78, 5) is 16.0. The smallest absolute Gasteiger partial charge is 0.169 e. The van der Waals surface area contributed by atoms with Crippen LogP contribution in [0.3, 0.4) is 0 Å². The van der Waals surface area contributed by atoms with Gasteiger partial charge in [-0.15, -0.1) is 0 Å². The van der Waals surface area contributed by atoms with E-state index < -0.39 is 0 Å². The summed E-state index contributed by atoms with van der Waals surface area (Å²) in [5, 5.41) is 3.26. The van der Waals surface area contributed by atoms with Crippen LogP contribution in [0, 0.1) is 0 Å². The third kappa shape index (κ3) is 2.19. The van der Waals surface area contributed by atoms with E-state index in [0.29, 0.717) is 6.42 Å². The van der Waals surface area contributed by atoms with Gasteiger partial charge in [-0.05, 0) is 28.3 Å². The molecular weight excluding hydrogens is 270 g/mol. The van der Waals surface area contributed by atoms with Crippen molar-refractivity contribution in [3.63, 3.8) is 0 Å². The van der Waals surface area contributed by atoms with E-state index in [0.717, 1.165) is 32.9 Å². The highest BCUT2D eigenvalue weighted by molar-refractivity contribution is 6.09. The van der Waals surface area contributed by atoms with Gasteiger partial charge in [0.1, 0.15) is 0 Å². The Bertz CT molecular complexity index is 943. The van der Waals surface area contributed by atoms with Crippen molar-refractivity contribution in [2.75, 3.05) is 0 Å². The van der Waals surface area contributed by atoms with Crippen molar-refractivity contribution in [1.29, 1.82) is 0 Å². The van der Waals surface area contributed by atoms with Crippen LogP contribution >= 0.6 is 0 Å². The van der Waals surface area contributed by atoms with Gasteiger partial charge in [0.25, 0.3) is 0 Å². The van der Waals surface area contributed by atoms with E-state index in [4.69, 9.17) is 0 Å². The summed E-state index contributed by atoms with van der Waals surface area (Å²) in [5.41, 5.74) is 2.82. The molecule has 0 spiro atoms. The lowest BCUT2D eigenvalue weighted by Gasteiger charge is -2.05. The third-order valence-corrected chi connectivity index (χ3v) is 4.03. The molecule has 4 rings (SSSR count). The van der Waals surface area contributed by atoms with Gasteiger partial charge >= 0.3 is 0 Å². The maximum absolute atomic E-state index is 12.7. The van der Waals surface area contributed by atoms with Crippen LogP contribution in [0.2, 0.25) is 0 Å². The molecule has 2 nitrogen and oxygen atoms in total. The number of fused-ring (bicyclic) bond motifs is 2. The molecule has 4 aromatic rings. The number of ketones is 1. The van der Waals surface area contributed by atoms with Crippen molar-refractivity contribution in [2.45, 2.75) is 6.42 Å². The number of nitrogens with one attached hydrogen (secondary N) is 1. The first-order valence-corrected chi connectivity index (χ1v) is 7.39. The zero-order chi connectivity index (χ0) is 14.9. The lowest BCUT2D eigenvalue weighted by Crippen LogP contribution is -2.04. The van der Waals surface area contributed by atoms with Crippen LogP contribution in [-0.4, -0.2) is 10.8 Å². The Morgan fingerprint density at radius 1 is 0.818 bits per heavy atom. The first-order chi connectivity index (χ1) is 10.8. The number of hydrogen-bond donors (Lipinski definition) is 1. The van der Waals surface area contributed by atoms with Crippen LogP contribution in [0.4, 0.5) is 0 Å². The molecule has 0 amide bonds. The molecule has 0 aliphatic carbocycles. The number of aromatic nitrogens is 1. The molecule has 0 saturated carbocycles. The molecule has 0 atom stereocenters. The number of benzene rings is 3. The predicted octanol–water partition coefficient (Wildman–Crippen LogP) is 4.75. The third-order valence-electron chi connectivity index (χ3n) is 4.03. The second-order valence-electron chi connectivity index (χ2n) is 5.51. The van der Waals surface area contributed by atoms with Gasteiger partial charge < -0.3 is 4.98 Å². The molecular formula is C20H15NO. The average Bonchev–Trinajstić information content (AvgIpc) is 2.96. The lowest BCUT2D eigenvalue weighted by molar-refractivity contribution is 0.0994.